The van der Waals surface area contributed by atoms with Crippen LogP contribution in [0.2, 0.25) is 0 Å². The van der Waals surface area contributed by atoms with Gasteiger partial charge in [-0.05, 0) is 66.2 Å². The Kier molecular flexibility index (Phi) is 4.96. The van der Waals surface area contributed by atoms with Gasteiger partial charge in [0, 0.05) is 50.9 Å². The maximum Gasteiger partial charge on any atom is 0.0783 e. The molecule has 210 valence electrons. The number of fused-ring (bicyclic) bond motifs is 9. The van der Waals surface area contributed by atoms with Gasteiger partial charge in [-0.2, -0.15) is 0 Å². The number of hydrogen-bond acceptors (Lipinski definition) is 2. The van der Waals surface area contributed by atoms with E-state index in [1.54, 1.807) is 0 Å². The summed E-state index contributed by atoms with van der Waals surface area (Å²) in [5, 5.41) is 5.04. The zero-order valence-electron chi connectivity index (χ0n) is 24.3. The summed E-state index contributed by atoms with van der Waals surface area (Å²) in [6, 6.07) is 52.6. The van der Waals surface area contributed by atoms with Gasteiger partial charge in [-0.25, -0.2) is 0 Å². The SMILES string of the molecule is c1ccc(-n2c3ccccc3c3c2ccc2c4cccc5c4n(c23)-c2ccccc2N5c2cccc(-c3cccnc3)c2)cc1. The van der Waals surface area contributed by atoms with Crippen LogP contribution in [0.5, 0.6) is 0 Å². The Morgan fingerprint density at radius 3 is 2.02 bits per heavy atom. The molecule has 45 heavy (non-hydrogen) atoms. The molecule has 0 saturated carbocycles. The molecule has 0 atom stereocenters. The number of aromatic nitrogens is 3. The Hall–Kier alpha value is -6.13. The molecular weight excluding hydrogens is 548 g/mol. The Bertz CT molecular complexity index is 2590. The first kappa shape index (κ1) is 24.3. The lowest BCUT2D eigenvalue weighted by Gasteiger charge is -2.33. The average Bonchev–Trinajstić information content (AvgIpc) is 3.63. The van der Waals surface area contributed by atoms with E-state index in [-0.39, 0.29) is 0 Å². The lowest BCUT2D eigenvalue weighted by Crippen LogP contribution is -2.18. The van der Waals surface area contributed by atoms with Crippen molar-refractivity contribution in [2.45, 2.75) is 0 Å². The van der Waals surface area contributed by atoms with E-state index in [0.717, 1.165) is 22.5 Å². The summed E-state index contributed by atoms with van der Waals surface area (Å²) in [6.45, 7) is 0. The van der Waals surface area contributed by atoms with Crippen LogP contribution in [-0.4, -0.2) is 14.1 Å². The van der Waals surface area contributed by atoms with Crippen molar-refractivity contribution in [1.82, 2.24) is 14.1 Å². The Morgan fingerprint density at radius 2 is 1.13 bits per heavy atom. The van der Waals surface area contributed by atoms with Gasteiger partial charge < -0.3 is 14.0 Å². The van der Waals surface area contributed by atoms with Crippen LogP contribution in [0.4, 0.5) is 17.1 Å². The Labute approximate surface area is 259 Å². The summed E-state index contributed by atoms with van der Waals surface area (Å²) in [5.74, 6) is 0. The van der Waals surface area contributed by atoms with Crippen molar-refractivity contribution >= 4 is 60.7 Å². The molecule has 4 heteroatoms. The molecule has 0 N–H and O–H groups in total. The monoisotopic (exact) mass is 574 g/mol. The van der Waals surface area contributed by atoms with Crippen LogP contribution in [0.1, 0.15) is 0 Å². The van der Waals surface area contributed by atoms with Crippen molar-refractivity contribution in [3.63, 3.8) is 0 Å². The van der Waals surface area contributed by atoms with Gasteiger partial charge in [-0.3, -0.25) is 4.98 Å². The molecule has 0 unspecified atom stereocenters. The summed E-state index contributed by atoms with van der Waals surface area (Å²) < 4.78 is 4.92. The van der Waals surface area contributed by atoms with Gasteiger partial charge in [0.05, 0.1) is 39.1 Å². The van der Waals surface area contributed by atoms with E-state index < -0.39 is 0 Å². The van der Waals surface area contributed by atoms with Crippen molar-refractivity contribution in [2.24, 2.45) is 0 Å². The summed E-state index contributed by atoms with van der Waals surface area (Å²) in [4.78, 5) is 6.79. The lowest BCUT2D eigenvalue weighted by molar-refractivity contribution is 1.12. The van der Waals surface area contributed by atoms with Crippen molar-refractivity contribution in [3.05, 3.63) is 158 Å². The minimum absolute atomic E-state index is 1.11. The largest absolute Gasteiger partial charge is 0.309 e. The van der Waals surface area contributed by atoms with Gasteiger partial charge in [0.25, 0.3) is 0 Å². The molecule has 0 bridgehead atoms. The van der Waals surface area contributed by atoms with Crippen LogP contribution in [0.25, 0.3) is 66.1 Å². The molecule has 0 radical (unpaired) electrons. The summed E-state index contributed by atoms with van der Waals surface area (Å²) in [5.41, 5.74) is 12.9. The van der Waals surface area contributed by atoms with Crippen LogP contribution in [0.15, 0.2) is 158 Å². The summed E-state index contributed by atoms with van der Waals surface area (Å²) >= 11 is 0. The van der Waals surface area contributed by atoms with Gasteiger partial charge in [-0.1, -0.05) is 84.9 Å². The van der Waals surface area contributed by atoms with Crippen LogP contribution < -0.4 is 4.90 Å². The van der Waals surface area contributed by atoms with Crippen LogP contribution >= 0.6 is 0 Å². The molecular formula is C41H26N4. The summed E-state index contributed by atoms with van der Waals surface area (Å²) in [7, 11) is 0. The number of anilines is 3. The predicted molar refractivity (Wildman–Crippen MR) is 187 cm³/mol. The van der Waals surface area contributed by atoms with E-state index in [2.05, 4.69) is 159 Å². The van der Waals surface area contributed by atoms with Crippen molar-refractivity contribution in [2.75, 3.05) is 4.90 Å². The minimum atomic E-state index is 1.11. The predicted octanol–water partition coefficient (Wildman–Crippen LogP) is 10.7. The molecule has 0 aliphatic carbocycles. The molecule has 3 aromatic heterocycles. The second-order valence-corrected chi connectivity index (χ2v) is 11.7. The number of pyridine rings is 1. The van der Waals surface area contributed by atoms with Crippen LogP contribution in [-0.2, 0) is 0 Å². The topological polar surface area (TPSA) is 26.0 Å². The number of nitrogens with zero attached hydrogens (tertiary/aromatic N) is 4. The number of rotatable bonds is 3. The zero-order chi connectivity index (χ0) is 29.5. The first-order chi connectivity index (χ1) is 22.4. The zero-order valence-corrected chi connectivity index (χ0v) is 24.3. The van der Waals surface area contributed by atoms with E-state index >= 15 is 0 Å². The highest BCUT2D eigenvalue weighted by Crippen LogP contribution is 2.51. The smallest absolute Gasteiger partial charge is 0.0783 e. The van der Waals surface area contributed by atoms with Crippen LogP contribution in [0.3, 0.4) is 0 Å². The lowest BCUT2D eigenvalue weighted by atomic mass is 10.0. The second kappa shape index (κ2) is 9.18. The molecule has 4 heterocycles. The van der Waals surface area contributed by atoms with Crippen molar-refractivity contribution in [3.8, 4) is 22.5 Å². The minimum Gasteiger partial charge on any atom is -0.309 e. The number of hydrogen-bond donors (Lipinski definition) is 0. The third-order valence-corrected chi connectivity index (χ3v) is 9.28. The highest BCUT2D eigenvalue weighted by Gasteiger charge is 2.30. The van der Waals surface area contributed by atoms with E-state index in [9.17, 15) is 0 Å². The van der Waals surface area contributed by atoms with E-state index in [0.29, 0.717) is 0 Å². The molecule has 0 spiro atoms. The van der Waals surface area contributed by atoms with Gasteiger partial charge in [0.2, 0.25) is 0 Å². The van der Waals surface area contributed by atoms with Crippen molar-refractivity contribution < 1.29 is 0 Å². The average molecular weight is 575 g/mol. The Morgan fingerprint density at radius 1 is 0.422 bits per heavy atom. The molecule has 4 nitrogen and oxygen atoms in total. The van der Waals surface area contributed by atoms with E-state index in [1.807, 2.05) is 18.5 Å². The maximum absolute atomic E-state index is 4.37. The number of benzene rings is 6. The normalized spacial score (nSPS) is 12.4. The second-order valence-electron chi connectivity index (χ2n) is 11.7. The van der Waals surface area contributed by atoms with Gasteiger partial charge >= 0.3 is 0 Å². The quantitative estimate of drug-likeness (QED) is 0.210. The fourth-order valence-electron chi connectivity index (χ4n) is 7.47. The third kappa shape index (κ3) is 3.34. The molecule has 10 rings (SSSR count). The summed E-state index contributed by atoms with van der Waals surface area (Å²) in [6.07, 6.45) is 3.75. The molecule has 0 fully saturated rings. The molecule has 1 aliphatic heterocycles. The van der Waals surface area contributed by atoms with Gasteiger partial charge in [0.15, 0.2) is 0 Å². The maximum atomic E-state index is 4.37. The first-order valence-electron chi connectivity index (χ1n) is 15.3. The van der Waals surface area contributed by atoms with Crippen LogP contribution in [0, 0.1) is 0 Å². The van der Waals surface area contributed by atoms with E-state index in [4.69, 9.17) is 0 Å². The molecule has 9 aromatic rings. The van der Waals surface area contributed by atoms with Gasteiger partial charge in [-0.15, -0.1) is 0 Å². The molecule has 0 saturated heterocycles. The number of para-hydroxylation sites is 5. The standard InChI is InChI=1S/C41H26N4/c1-2-13-29(14-3-1)43-34-18-5-4-16-33(34)39-37(43)23-22-32-31-17-9-21-38-40(31)45(41(32)39)36-20-7-6-19-35(36)44(38)30-15-8-11-27(25-30)28-12-10-24-42-26-28/h1-26H. The van der Waals surface area contributed by atoms with Crippen molar-refractivity contribution in [1.29, 1.82) is 0 Å². The molecule has 0 amide bonds. The third-order valence-electron chi connectivity index (χ3n) is 9.28. The van der Waals surface area contributed by atoms with Gasteiger partial charge in [0.1, 0.15) is 0 Å². The highest BCUT2D eigenvalue weighted by atomic mass is 15.2. The highest BCUT2D eigenvalue weighted by molar-refractivity contribution is 6.28. The Balaban J connectivity index is 1.34. The molecule has 1 aliphatic rings. The first-order valence-corrected chi connectivity index (χ1v) is 15.3. The fourth-order valence-corrected chi connectivity index (χ4v) is 7.47. The molecule has 6 aromatic carbocycles. The fraction of sp³-hybridized carbons (Fsp3) is 0. The van der Waals surface area contributed by atoms with E-state index in [1.165, 1.54) is 60.7 Å².